The van der Waals surface area contributed by atoms with Crippen molar-refractivity contribution >= 4 is 17.8 Å². The van der Waals surface area contributed by atoms with Crippen LogP contribution in [-0.2, 0) is 24.0 Å². The van der Waals surface area contributed by atoms with Crippen molar-refractivity contribution in [1.29, 1.82) is 0 Å². The van der Waals surface area contributed by atoms with E-state index in [1.54, 1.807) is 0 Å². The highest BCUT2D eigenvalue weighted by Crippen LogP contribution is 2.13. The second-order valence-electron chi connectivity index (χ2n) is 10.8. The summed E-state index contributed by atoms with van der Waals surface area (Å²) >= 11 is 0. The van der Waals surface area contributed by atoms with Crippen LogP contribution in [0.2, 0.25) is 0 Å². The van der Waals surface area contributed by atoms with Crippen LogP contribution in [-0.4, -0.2) is 48.8 Å². The predicted octanol–water partition coefficient (Wildman–Crippen LogP) is 7.24. The molecule has 0 radical (unpaired) electrons. The van der Waals surface area contributed by atoms with Gasteiger partial charge in [-0.3, -0.25) is 19.7 Å². The minimum atomic E-state index is -0.888. The Morgan fingerprint density at radius 2 is 1.13 bits per heavy atom. The Hall–Kier alpha value is -1.51. The molecule has 0 aromatic rings. The summed E-state index contributed by atoms with van der Waals surface area (Å²) in [7, 11) is 0. The Kier molecular flexibility index (Phi) is 28.3. The van der Waals surface area contributed by atoms with Crippen molar-refractivity contribution in [2.75, 3.05) is 19.8 Å². The fourth-order valence-electron chi connectivity index (χ4n) is 4.50. The summed E-state index contributed by atoms with van der Waals surface area (Å²) in [4.78, 5) is 37.3. The largest absolute Gasteiger partial charge is 0.480 e. The number of unbranched alkanes of at least 4 members (excludes halogenated alkanes) is 19. The van der Waals surface area contributed by atoms with Crippen molar-refractivity contribution in [3.8, 4) is 0 Å². The Balaban J connectivity index is 0.000000763. The number of carbonyl (C=O) groups excluding carboxylic acids is 2. The summed E-state index contributed by atoms with van der Waals surface area (Å²) < 4.78 is 5.38. The minimum Gasteiger partial charge on any atom is -0.480 e. The maximum atomic E-state index is 11.2. The van der Waals surface area contributed by atoms with Crippen LogP contribution in [0.4, 0.5) is 0 Å². The molecular formula is C31H60N2O6. The summed E-state index contributed by atoms with van der Waals surface area (Å²) in [6.45, 7) is 5.54. The molecule has 1 saturated heterocycles. The fraction of sp³-hybridized carbons (Fsp3) is 0.903. The lowest BCUT2D eigenvalue weighted by atomic mass is 10.0. The third-order valence-electron chi connectivity index (χ3n) is 6.92. The molecule has 1 aliphatic heterocycles. The highest BCUT2D eigenvalue weighted by atomic mass is 16.6. The molecular weight excluding hydrogens is 496 g/mol. The molecule has 0 aromatic heterocycles. The summed E-state index contributed by atoms with van der Waals surface area (Å²) in [5.74, 6) is -1.39. The van der Waals surface area contributed by atoms with Gasteiger partial charge in [-0.25, -0.2) is 0 Å². The lowest BCUT2D eigenvalue weighted by Crippen LogP contribution is -2.26. The number of hydrogen-bond acceptors (Lipinski definition) is 6. The van der Waals surface area contributed by atoms with Gasteiger partial charge in [0.25, 0.3) is 5.91 Å². The van der Waals surface area contributed by atoms with Gasteiger partial charge >= 0.3 is 5.97 Å². The van der Waals surface area contributed by atoms with Crippen LogP contribution in [0.15, 0.2) is 0 Å². The minimum absolute atomic E-state index is 0.126. The van der Waals surface area contributed by atoms with Crippen LogP contribution in [0.5, 0.6) is 0 Å². The van der Waals surface area contributed by atoms with Gasteiger partial charge in [-0.1, -0.05) is 136 Å². The van der Waals surface area contributed by atoms with E-state index in [0.717, 1.165) is 19.3 Å². The van der Waals surface area contributed by atoms with Crippen molar-refractivity contribution in [1.82, 2.24) is 10.8 Å². The van der Waals surface area contributed by atoms with Crippen molar-refractivity contribution in [3.63, 3.8) is 0 Å². The average Bonchev–Trinajstić information content (AvgIpc) is 3.24. The number of amides is 2. The summed E-state index contributed by atoms with van der Waals surface area (Å²) in [5, 5.41) is 10.6. The van der Waals surface area contributed by atoms with Gasteiger partial charge in [-0.15, -0.1) is 0 Å². The van der Waals surface area contributed by atoms with E-state index in [0.29, 0.717) is 13.2 Å². The number of hydroxylamine groups is 1. The van der Waals surface area contributed by atoms with E-state index in [2.05, 4.69) is 24.6 Å². The molecule has 3 N–H and O–H groups in total. The van der Waals surface area contributed by atoms with Crippen molar-refractivity contribution in [3.05, 3.63) is 0 Å². The normalized spacial score (nSPS) is 14.8. The molecule has 1 fully saturated rings. The van der Waals surface area contributed by atoms with Crippen LogP contribution in [0.1, 0.15) is 155 Å². The summed E-state index contributed by atoms with van der Waals surface area (Å²) in [5.41, 5.74) is 2.43. The molecule has 2 amide bonds. The lowest BCUT2D eigenvalue weighted by molar-refractivity contribution is -0.139. The summed E-state index contributed by atoms with van der Waals surface area (Å²) in [6, 6.07) is 0. The number of imide groups is 1. The van der Waals surface area contributed by atoms with Crippen molar-refractivity contribution in [2.24, 2.45) is 0 Å². The Labute approximate surface area is 238 Å². The van der Waals surface area contributed by atoms with Crippen LogP contribution in [0, 0.1) is 0 Å². The number of nitrogens with one attached hydrogen (secondary N) is 2. The molecule has 1 rings (SSSR count). The van der Waals surface area contributed by atoms with Gasteiger partial charge in [0.2, 0.25) is 5.91 Å². The van der Waals surface area contributed by atoms with E-state index >= 15 is 0 Å². The van der Waals surface area contributed by atoms with E-state index in [4.69, 9.17) is 14.7 Å². The molecule has 0 aliphatic carbocycles. The maximum absolute atomic E-state index is 11.2. The van der Waals surface area contributed by atoms with E-state index in [1.807, 2.05) is 0 Å². The number of carboxylic acid groups (broad SMARTS) is 1. The standard InChI is InChI=1S/C18H37NO3.C13H23NO3/c1-2-3-4-5-6-7-8-9-10-11-12-13-14-15-16-22-19-17-18(20)21;1-2-3-4-5-6-7-8-9-17-11-10-12(15)14-13(11)16/h19H,2-17H2,1H3,(H,20,21);11H,2-10H2,1H3,(H,14,15,16). The molecule has 8 nitrogen and oxygen atoms in total. The molecule has 8 heteroatoms. The molecule has 0 aromatic carbocycles. The molecule has 1 unspecified atom stereocenters. The van der Waals surface area contributed by atoms with E-state index < -0.39 is 12.1 Å². The second kappa shape index (κ2) is 29.5. The van der Waals surface area contributed by atoms with Gasteiger partial charge in [-0.05, 0) is 12.8 Å². The predicted molar refractivity (Wildman–Crippen MR) is 157 cm³/mol. The first-order valence-electron chi connectivity index (χ1n) is 16.0. The smallest absolute Gasteiger partial charge is 0.319 e. The lowest BCUT2D eigenvalue weighted by Gasteiger charge is -2.07. The van der Waals surface area contributed by atoms with Crippen LogP contribution >= 0.6 is 0 Å². The second-order valence-corrected chi connectivity index (χ2v) is 10.8. The van der Waals surface area contributed by atoms with Gasteiger partial charge < -0.3 is 14.7 Å². The third kappa shape index (κ3) is 27.8. The van der Waals surface area contributed by atoms with Crippen molar-refractivity contribution in [2.45, 2.75) is 161 Å². The van der Waals surface area contributed by atoms with Crippen LogP contribution in [0.3, 0.4) is 0 Å². The van der Waals surface area contributed by atoms with Crippen LogP contribution in [0.25, 0.3) is 0 Å². The molecule has 1 atom stereocenters. The van der Waals surface area contributed by atoms with Gasteiger partial charge in [0.15, 0.2) is 0 Å². The topological polar surface area (TPSA) is 114 Å². The average molecular weight is 557 g/mol. The first kappa shape index (κ1) is 37.5. The van der Waals surface area contributed by atoms with Crippen LogP contribution < -0.4 is 10.8 Å². The fourth-order valence-corrected chi connectivity index (χ4v) is 4.50. The quantitative estimate of drug-likeness (QED) is 0.0555. The maximum Gasteiger partial charge on any atom is 0.319 e. The molecule has 0 saturated carbocycles. The number of hydrogen-bond donors (Lipinski definition) is 3. The molecule has 39 heavy (non-hydrogen) atoms. The molecule has 0 spiro atoms. The highest BCUT2D eigenvalue weighted by molar-refractivity contribution is 6.04. The SMILES string of the molecule is CCCCCCCCCCCCCCCCONCC(=O)O.CCCCCCCCCOC1CC(=O)NC1=O. The van der Waals surface area contributed by atoms with E-state index in [-0.39, 0.29) is 24.8 Å². The monoisotopic (exact) mass is 556 g/mol. The zero-order valence-corrected chi connectivity index (χ0v) is 25.2. The van der Waals surface area contributed by atoms with Gasteiger partial charge in [0.1, 0.15) is 12.6 Å². The van der Waals surface area contributed by atoms with Crippen molar-refractivity contribution < 1.29 is 29.1 Å². The molecule has 1 heterocycles. The first-order valence-corrected chi connectivity index (χ1v) is 16.0. The van der Waals surface area contributed by atoms with Gasteiger partial charge in [0, 0.05) is 6.61 Å². The van der Waals surface area contributed by atoms with Gasteiger partial charge in [0.05, 0.1) is 13.0 Å². The number of aliphatic carboxylic acids is 1. The Bertz CT molecular complexity index is 587. The zero-order valence-electron chi connectivity index (χ0n) is 25.2. The molecule has 230 valence electrons. The number of rotatable bonds is 27. The zero-order chi connectivity index (χ0) is 28.8. The molecule has 1 aliphatic rings. The first-order chi connectivity index (χ1) is 19.0. The number of carbonyl (C=O) groups is 3. The Morgan fingerprint density at radius 1 is 0.718 bits per heavy atom. The summed E-state index contributed by atoms with van der Waals surface area (Å²) in [6.07, 6.45) is 26.9. The highest BCUT2D eigenvalue weighted by Gasteiger charge is 2.30. The number of carboxylic acids is 1. The van der Waals surface area contributed by atoms with Gasteiger partial charge in [-0.2, -0.15) is 5.48 Å². The van der Waals surface area contributed by atoms with E-state index in [1.165, 1.54) is 116 Å². The molecule has 0 bridgehead atoms. The Morgan fingerprint density at radius 3 is 1.51 bits per heavy atom. The number of ether oxygens (including phenoxy) is 1. The van der Waals surface area contributed by atoms with E-state index in [9.17, 15) is 14.4 Å². The third-order valence-corrected chi connectivity index (χ3v) is 6.92.